The fraction of sp³-hybridized carbons (Fsp3) is 0.457. The largest absolute Gasteiger partial charge is 0.481 e. The number of hydrogen-bond donors (Lipinski definition) is 2. The molecule has 0 radical (unpaired) electrons. The van der Waals surface area contributed by atoms with Gasteiger partial charge in [0.2, 0.25) is 5.91 Å². The van der Waals surface area contributed by atoms with Crippen LogP contribution in [0.3, 0.4) is 0 Å². The maximum atomic E-state index is 16.4. The van der Waals surface area contributed by atoms with Gasteiger partial charge in [0.05, 0.1) is 18.0 Å². The van der Waals surface area contributed by atoms with Crippen molar-refractivity contribution in [3.05, 3.63) is 91.9 Å². The second-order valence-corrected chi connectivity index (χ2v) is 12.8. The number of rotatable bonds is 12. The van der Waals surface area contributed by atoms with Crippen molar-refractivity contribution < 1.29 is 36.6 Å². The molecule has 0 bridgehead atoms. The van der Waals surface area contributed by atoms with Crippen LogP contribution >= 0.6 is 0 Å². The third-order valence-electron chi connectivity index (χ3n) is 8.66. The lowest BCUT2D eigenvalue weighted by Gasteiger charge is -2.31. The number of carboxylic acids is 1. The van der Waals surface area contributed by atoms with E-state index in [-0.39, 0.29) is 35.4 Å². The number of benzene rings is 2. The first-order chi connectivity index (χ1) is 22.0. The number of halogens is 5. The third-order valence-corrected chi connectivity index (χ3v) is 8.66. The summed E-state index contributed by atoms with van der Waals surface area (Å²) in [5, 5.41) is 12.2. The molecule has 2 aromatic carbocycles. The van der Waals surface area contributed by atoms with Gasteiger partial charge in [-0.15, -0.1) is 0 Å². The molecule has 1 unspecified atom stereocenters. The number of amides is 1. The minimum absolute atomic E-state index is 0.0190. The smallest absolute Gasteiger partial charge is 0.416 e. The molecule has 0 aliphatic carbocycles. The number of carbonyl (C=O) groups excluding carboxylic acids is 1. The molecule has 12 heteroatoms. The lowest BCUT2D eigenvalue weighted by molar-refractivity contribution is -0.139. The van der Waals surface area contributed by atoms with E-state index in [1.165, 1.54) is 13.0 Å². The summed E-state index contributed by atoms with van der Waals surface area (Å²) >= 11 is 0. The van der Waals surface area contributed by atoms with Crippen LogP contribution in [0.4, 0.5) is 22.0 Å². The van der Waals surface area contributed by atoms with Crippen LogP contribution in [0.1, 0.15) is 78.6 Å². The predicted octanol–water partition coefficient (Wildman–Crippen LogP) is 6.91. The highest BCUT2D eigenvalue weighted by molar-refractivity contribution is 5.82. The number of nitrogens with zero attached hydrogens (tertiary/aromatic N) is 2. The molecule has 1 fully saturated rings. The molecule has 2 atom stereocenters. The van der Waals surface area contributed by atoms with Crippen LogP contribution in [0.2, 0.25) is 0 Å². The SMILES string of the molecule is Cc1cc(-c2c(C)cccc2C)c(F)c([C@H](CC(=O)O)NC(=O)C(CC(C)C)n2cc(CCN3CCC3)c(C(F)(F)F)cc2=O)c1F. The van der Waals surface area contributed by atoms with Gasteiger partial charge in [-0.25, -0.2) is 8.78 Å². The van der Waals surface area contributed by atoms with E-state index in [1.807, 2.05) is 4.90 Å². The standard InChI is InChI=1S/C35H40F5N3O4/c1-19(2)14-27(43-18-23(10-13-42-11-7-12-42)25(16-28(43)44)35(38,39)40)34(47)41-26(17-29(45)46)31-32(36)22(5)15-24(33(31)37)30-20(3)8-6-9-21(30)4/h6,8-9,15-16,18-19,26-27H,7,10-14,17H2,1-5H3,(H,41,47)(H,45,46)/t26-,27?/m0/s1. The molecule has 47 heavy (non-hydrogen) atoms. The second kappa shape index (κ2) is 14.4. The Morgan fingerprint density at radius 1 is 1.00 bits per heavy atom. The van der Waals surface area contributed by atoms with Gasteiger partial charge in [0, 0.05) is 29.9 Å². The zero-order chi connectivity index (χ0) is 34.8. The van der Waals surface area contributed by atoms with E-state index in [9.17, 15) is 32.7 Å². The Bertz CT molecular complexity index is 1690. The molecule has 1 aliphatic heterocycles. The Morgan fingerprint density at radius 3 is 2.17 bits per heavy atom. The molecular formula is C35H40F5N3O4. The fourth-order valence-corrected chi connectivity index (χ4v) is 6.17. The lowest BCUT2D eigenvalue weighted by Crippen LogP contribution is -2.41. The van der Waals surface area contributed by atoms with Crippen molar-refractivity contribution in [1.29, 1.82) is 0 Å². The number of carboxylic acid groups (broad SMARTS) is 1. The Kier molecular flexibility index (Phi) is 10.9. The molecule has 1 aliphatic rings. The van der Waals surface area contributed by atoms with Crippen LogP contribution in [0.5, 0.6) is 0 Å². The summed E-state index contributed by atoms with van der Waals surface area (Å²) in [7, 11) is 0. The lowest BCUT2D eigenvalue weighted by atomic mass is 9.89. The molecule has 1 amide bonds. The van der Waals surface area contributed by atoms with Crippen molar-refractivity contribution in [2.45, 2.75) is 78.6 Å². The third kappa shape index (κ3) is 8.09. The van der Waals surface area contributed by atoms with Gasteiger partial charge in [-0.05, 0) is 92.9 Å². The molecule has 0 saturated carbocycles. The molecule has 3 aromatic rings. The molecule has 7 nitrogen and oxygen atoms in total. The van der Waals surface area contributed by atoms with Gasteiger partial charge in [0.15, 0.2) is 0 Å². The van der Waals surface area contributed by atoms with E-state index in [4.69, 9.17) is 0 Å². The maximum Gasteiger partial charge on any atom is 0.416 e. The number of aromatic nitrogens is 1. The highest BCUT2D eigenvalue weighted by Crippen LogP contribution is 2.37. The maximum absolute atomic E-state index is 16.4. The van der Waals surface area contributed by atoms with Crippen LogP contribution in [-0.4, -0.2) is 46.1 Å². The molecule has 2 N–H and O–H groups in total. The van der Waals surface area contributed by atoms with Gasteiger partial charge in [-0.2, -0.15) is 13.2 Å². The minimum Gasteiger partial charge on any atom is -0.481 e. The number of nitrogens with one attached hydrogen (secondary N) is 1. The zero-order valence-corrected chi connectivity index (χ0v) is 27.1. The number of aryl methyl sites for hydroxylation is 3. The minimum atomic E-state index is -4.81. The monoisotopic (exact) mass is 661 g/mol. The normalized spacial score (nSPS) is 15.0. The van der Waals surface area contributed by atoms with E-state index in [2.05, 4.69) is 5.32 Å². The van der Waals surface area contributed by atoms with Crippen LogP contribution in [0.25, 0.3) is 11.1 Å². The second-order valence-electron chi connectivity index (χ2n) is 12.8. The van der Waals surface area contributed by atoms with E-state index in [0.717, 1.165) is 30.3 Å². The summed E-state index contributed by atoms with van der Waals surface area (Å²) in [5.41, 5.74) is -1.04. The first-order valence-corrected chi connectivity index (χ1v) is 15.6. The number of hydrogen-bond acceptors (Lipinski definition) is 4. The van der Waals surface area contributed by atoms with Crippen molar-refractivity contribution >= 4 is 11.9 Å². The highest BCUT2D eigenvalue weighted by atomic mass is 19.4. The van der Waals surface area contributed by atoms with Gasteiger partial charge in [-0.1, -0.05) is 32.0 Å². The van der Waals surface area contributed by atoms with Crippen LogP contribution in [-0.2, 0) is 22.2 Å². The predicted molar refractivity (Wildman–Crippen MR) is 168 cm³/mol. The number of likely N-dealkylation sites (tertiary alicyclic amines) is 1. The number of aliphatic carboxylic acids is 1. The quantitative estimate of drug-likeness (QED) is 0.206. The Morgan fingerprint density at radius 2 is 1.64 bits per heavy atom. The number of alkyl halides is 3. The van der Waals surface area contributed by atoms with Crippen molar-refractivity contribution in [1.82, 2.24) is 14.8 Å². The van der Waals surface area contributed by atoms with Crippen LogP contribution < -0.4 is 10.9 Å². The van der Waals surface area contributed by atoms with E-state index in [0.29, 0.717) is 29.3 Å². The summed E-state index contributed by atoms with van der Waals surface area (Å²) in [6.07, 6.45) is -3.77. The van der Waals surface area contributed by atoms with Crippen LogP contribution in [0, 0.1) is 38.3 Å². The topological polar surface area (TPSA) is 91.6 Å². The summed E-state index contributed by atoms with van der Waals surface area (Å²) in [6.45, 7) is 10.2. The van der Waals surface area contributed by atoms with Gasteiger partial charge in [0.25, 0.3) is 5.56 Å². The number of pyridine rings is 1. The Hall–Kier alpha value is -4.06. The average molecular weight is 662 g/mol. The van der Waals surface area contributed by atoms with E-state index >= 15 is 8.78 Å². The van der Waals surface area contributed by atoms with Crippen LogP contribution in [0.15, 0.2) is 41.3 Å². The molecule has 1 saturated heterocycles. The van der Waals surface area contributed by atoms with Crippen molar-refractivity contribution in [2.24, 2.45) is 5.92 Å². The fourth-order valence-electron chi connectivity index (χ4n) is 6.17. The molecule has 1 aromatic heterocycles. The summed E-state index contributed by atoms with van der Waals surface area (Å²) in [6, 6.07) is 4.00. The molecule has 4 rings (SSSR count). The first-order valence-electron chi connectivity index (χ1n) is 15.6. The van der Waals surface area contributed by atoms with Gasteiger partial charge in [-0.3, -0.25) is 14.4 Å². The van der Waals surface area contributed by atoms with E-state index in [1.54, 1.807) is 45.9 Å². The van der Waals surface area contributed by atoms with Gasteiger partial charge in [0.1, 0.15) is 17.7 Å². The Labute approximate surface area is 270 Å². The average Bonchev–Trinajstić information content (AvgIpc) is 2.93. The molecule has 2 heterocycles. The summed E-state index contributed by atoms with van der Waals surface area (Å²) in [4.78, 5) is 41.1. The Balaban J connectivity index is 1.81. The summed E-state index contributed by atoms with van der Waals surface area (Å²) in [5.74, 6) is -4.73. The number of carbonyl (C=O) groups is 2. The molecular weight excluding hydrogens is 621 g/mol. The summed E-state index contributed by atoms with van der Waals surface area (Å²) < 4.78 is 74.9. The first kappa shape index (κ1) is 35.8. The van der Waals surface area contributed by atoms with Crippen molar-refractivity contribution in [2.75, 3.05) is 19.6 Å². The highest BCUT2D eigenvalue weighted by Gasteiger charge is 2.36. The van der Waals surface area contributed by atoms with E-state index < -0.39 is 64.9 Å². The van der Waals surface area contributed by atoms with Gasteiger partial charge >= 0.3 is 12.1 Å². The molecule has 0 spiro atoms. The van der Waals surface area contributed by atoms with Crippen molar-refractivity contribution in [3.63, 3.8) is 0 Å². The van der Waals surface area contributed by atoms with Crippen molar-refractivity contribution in [3.8, 4) is 11.1 Å². The van der Waals surface area contributed by atoms with Gasteiger partial charge < -0.3 is 19.9 Å². The molecule has 254 valence electrons. The zero-order valence-electron chi connectivity index (χ0n) is 27.1.